The quantitative estimate of drug-likeness (QED) is 0.711. The molecule has 1 nitrogen and oxygen atoms in total. The third-order valence-electron chi connectivity index (χ3n) is 4.35. The van der Waals surface area contributed by atoms with Gasteiger partial charge in [-0.15, -0.1) is 0 Å². The van der Waals surface area contributed by atoms with Crippen LogP contribution in [0, 0.1) is 6.92 Å². The average molecular weight is 265 g/mol. The topological polar surface area (TPSA) is 3.24 Å². The standard InChI is InChI=1S/C19H23N/c1-16-10-8-9-15-19(16)20(17-11-4-2-5-12-17)18-13-6-3-7-14-18/h2,4-5,8-12,15,18H,3,6-7,13-14H2,1H3. The van der Waals surface area contributed by atoms with Crippen molar-refractivity contribution < 1.29 is 0 Å². The Labute approximate surface area is 122 Å². The van der Waals surface area contributed by atoms with Crippen molar-refractivity contribution in [2.75, 3.05) is 4.90 Å². The van der Waals surface area contributed by atoms with Crippen LogP contribution in [0.1, 0.15) is 37.7 Å². The van der Waals surface area contributed by atoms with E-state index in [0.29, 0.717) is 6.04 Å². The van der Waals surface area contributed by atoms with Crippen molar-refractivity contribution in [2.45, 2.75) is 45.1 Å². The lowest BCUT2D eigenvalue weighted by Gasteiger charge is -2.37. The second-order valence-corrected chi connectivity index (χ2v) is 5.78. The van der Waals surface area contributed by atoms with Crippen molar-refractivity contribution in [2.24, 2.45) is 0 Å². The monoisotopic (exact) mass is 265 g/mol. The molecule has 0 bridgehead atoms. The number of benzene rings is 2. The van der Waals surface area contributed by atoms with E-state index in [9.17, 15) is 0 Å². The van der Waals surface area contributed by atoms with Gasteiger partial charge in [0.15, 0.2) is 0 Å². The molecular weight excluding hydrogens is 242 g/mol. The molecule has 1 heteroatoms. The summed E-state index contributed by atoms with van der Waals surface area (Å²) in [5, 5.41) is 0. The summed E-state index contributed by atoms with van der Waals surface area (Å²) in [7, 11) is 0. The lowest BCUT2D eigenvalue weighted by molar-refractivity contribution is 0.436. The Morgan fingerprint density at radius 1 is 0.800 bits per heavy atom. The van der Waals surface area contributed by atoms with Crippen molar-refractivity contribution in [1.29, 1.82) is 0 Å². The van der Waals surface area contributed by atoms with Crippen LogP contribution in [0.4, 0.5) is 11.4 Å². The molecule has 1 saturated carbocycles. The normalized spacial score (nSPS) is 16.1. The summed E-state index contributed by atoms with van der Waals surface area (Å²) in [5.74, 6) is 0. The zero-order valence-electron chi connectivity index (χ0n) is 12.3. The smallest absolute Gasteiger partial charge is 0.0443 e. The number of hydrogen-bond acceptors (Lipinski definition) is 1. The number of para-hydroxylation sites is 2. The van der Waals surface area contributed by atoms with E-state index in [0.717, 1.165) is 0 Å². The molecule has 0 aromatic heterocycles. The second kappa shape index (κ2) is 6.13. The van der Waals surface area contributed by atoms with Gasteiger partial charge in [0, 0.05) is 17.4 Å². The highest BCUT2D eigenvalue weighted by Crippen LogP contribution is 2.35. The van der Waals surface area contributed by atoms with Crippen LogP contribution in [0.3, 0.4) is 0 Å². The highest BCUT2D eigenvalue weighted by molar-refractivity contribution is 5.67. The van der Waals surface area contributed by atoms with E-state index in [2.05, 4.69) is 66.4 Å². The fourth-order valence-electron chi connectivity index (χ4n) is 3.31. The van der Waals surface area contributed by atoms with Crippen molar-refractivity contribution in [3.05, 3.63) is 60.2 Å². The molecule has 1 aliphatic carbocycles. The molecule has 0 heterocycles. The summed E-state index contributed by atoms with van der Waals surface area (Å²) < 4.78 is 0. The van der Waals surface area contributed by atoms with Gasteiger partial charge in [0.2, 0.25) is 0 Å². The predicted molar refractivity (Wildman–Crippen MR) is 86.6 cm³/mol. The molecule has 104 valence electrons. The summed E-state index contributed by atoms with van der Waals surface area (Å²) >= 11 is 0. The molecular formula is C19H23N. The predicted octanol–water partition coefficient (Wildman–Crippen LogP) is 5.47. The number of nitrogens with zero attached hydrogens (tertiary/aromatic N) is 1. The Kier molecular flexibility index (Phi) is 4.05. The molecule has 0 unspecified atom stereocenters. The first-order valence-electron chi connectivity index (χ1n) is 7.76. The number of anilines is 2. The van der Waals surface area contributed by atoms with Crippen LogP contribution in [-0.4, -0.2) is 6.04 Å². The third-order valence-corrected chi connectivity index (χ3v) is 4.35. The van der Waals surface area contributed by atoms with Gasteiger partial charge in [-0.1, -0.05) is 55.7 Å². The van der Waals surface area contributed by atoms with Gasteiger partial charge in [-0.2, -0.15) is 0 Å². The minimum absolute atomic E-state index is 0.646. The maximum Gasteiger partial charge on any atom is 0.0443 e. The zero-order chi connectivity index (χ0) is 13.8. The molecule has 1 aliphatic rings. The molecule has 2 aromatic carbocycles. The molecule has 0 aliphatic heterocycles. The number of rotatable bonds is 3. The summed E-state index contributed by atoms with van der Waals surface area (Å²) in [6.45, 7) is 2.22. The average Bonchev–Trinajstić information content (AvgIpc) is 2.52. The molecule has 0 amide bonds. The fraction of sp³-hybridized carbons (Fsp3) is 0.368. The van der Waals surface area contributed by atoms with E-state index < -0.39 is 0 Å². The van der Waals surface area contributed by atoms with Crippen LogP contribution in [0.25, 0.3) is 0 Å². The summed E-state index contributed by atoms with van der Waals surface area (Å²) in [5.41, 5.74) is 4.06. The first-order valence-corrected chi connectivity index (χ1v) is 7.76. The van der Waals surface area contributed by atoms with E-state index in [1.54, 1.807) is 0 Å². The second-order valence-electron chi connectivity index (χ2n) is 5.78. The van der Waals surface area contributed by atoms with E-state index >= 15 is 0 Å². The SMILES string of the molecule is Cc1ccccc1N(c1ccccc1)C1CCCCC1. The molecule has 0 radical (unpaired) electrons. The molecule has 20 heavy (non-hydrogen) atoms. The minimum atomic E-state index is 0.646. The van der Waals surface area contributed by atoms with Crippen LogP contribution >= 0.6 is 0 Å². The first-order chi connectivity index (χ1) is 9.86. The highest BCUT2D eigenvalue weighted by Gasteiger charge is 2.23. The lowest BCUT2D eigenvalue weighted by atomic mass is 9.93. The highest BCUT2D eigenvalue weighted by atomic mass is 15.2. The van der Waals surface area contributed by atoms with Crippen LogP contribution in [0.15, 0.2) is 54.6 Å². The molecule has 1 fully saturated rings. The summed E-state index contributed by atoms with van der Waals surface area (Å²) in [6, 6.07) is 20.3. The maximum absolute atomic E-state index is 2.56. The van der Waals surface area contributed by atoms with E-state index in [1.807, 2.05) is 0 Å². The molecule has 0 spiro atoms. The third kappa shape index (κ3) is 2.72. The fourth-order valence-corrected chi connectivity index (χ4v) is 3.31. The molecule has 0 N–H and O–H groups in total. The van der Waals surface area contributed by atoms with Crippen LogP contribution in [0.5, 0.6) is 0 Å². The van der Waals surface area contributed by atoms with E-state index in [1.165, 1.54) is 49.0 Å². The molecule has 0 saturated heterocycles. The lowest BCUT2D eigenvalue weighted by Crippen LogP contribution is -2.33. The van der Waals surface area contributed by atoms with Gasteiger partial charge in [-0.05, 0) is 43.5 Å². The van der Waals surface area contributed by atoms with Gasteiger partial charge in [0.1, 0.15) is 0 Å². The van der Waals surface area contributed by atoms with Crippen molar-refractivity contribution in [1.82, 2.24) is 0 Å². The van der Waals surface area contributed by atoms with Crippen molar-refractivity contribution in [3.63, 3.8) is 0 Å². The summed E-state index contributed by atoms with van der Waals surface area (Å²) in [6.07, 6.45) is 6.74. The van der Waals surface area contributed by atoms with Crippen molar-refractivity contribution >= 4 is 11.4 Å². The minimum Gasteiger partial charge on any atom is -0.338 e. The molecule has 2 aromatic rings. The Morgan fingerprint density at radius 2 is 1.45 bits per heavy atom. The van der Waals surface area contributed by atoms with E-state index in [-0.39, 0.29) is 0 Å². The Hall–Kier alpha value is -1.76. The Bertz CT molecular complexity index is 541. The van der Waals surface area contributed by atoms with Gasteiger partial charge in [-0.3, -0.25) is 0 Å². The largest absolute Gasteiger partial charge is 0.338 e. The Balaban J connectivity index is 2.01. The van der Waals surface area contributed by atoms with Crippen molar-refractivity contribution in [3.8, 4) is 0 Å². The zero-order valence-corrected chi connectivity index (χ0v) is 12.3. The van der Waals surface area contributed by atoms with Crippen LogP contribution in [0.2, 0.25) is 0 Å². The number of hydrogen-bond donors (Lipinski definition) is 0. The first kappa shape index (κ1) is 13.2. The van der Waals surface area contributed by atoms with Crippen LogP contribution in [-0.2, 0) is 0 Å². The van der Waals surface area contributed by atoms with Gasteiger partial charge >= 0.3 is 0 Å². The summed E-state index contributed by atoms with van der Waals surface area (Å²) in [4.78, 5) is 2.56. The molecule has 0 atom stereocenters. The Morgan fingerprint density at radius 3 is 2.15 bits per heavy atom. The van der Waals surface area contributed by atoms with Gasteiger partial charge in [0.25, 0.3) is 0 Å². The van der Waals surface area contributed by atoms with Gasteiger partial charge < -0.3 is 4.90 Å². The number of aryl methyl sites for hydroxylation is 1. The molecule has 3 rings (SSSR count). The van der Waals surface area contributed by atoms with Crippen LogP contribution < -0.4 is 4.90 Å². The maximum atomic E-state index is 2.56. The van der Waals surface area contributed by atoms with Gasteiger partial charge in [0.05, 0.1) is 0 Å². The van der Waals surface area contributed by atoms with E-state index in [4.69, 9.17) is 0 Å². The van der Waals surface area contributed by atoms with Gasteiger partial charge in [-0.25, -0.2) is 0 Å².